The third-order valence-corrected chi connectivity index (χ3v) is 5.57. The van der Waals surface area contributed by atoms with Gasteiger partial charge in [-0.3, -0.25) is 14.6 Å². The number of benzene rings is 2. The molecule has 3 aromatic rings. The molecule has 1 atom stereocenters. The molecule has 0 bridgehead atoms. The second kappa shape index (κ2) is 7.07. The minimum absolute atomic E-state index is 0.146. The van der Waals surface area contributed by atoms with Gasteiger partial charge in [-0.15, -0.1) is 0 Å². The summed E-state index contributed by atoms with van der Waals surface area (Å²) in [7, 11) is 0. The van der Waals surface area contributed by atoms with Crippen LogP contribution in [-0.2, 0) is 0 Å². The second-order valence-corrected chi connectivity index (χ2v) is 7.44. The van der Waals surface area contributed by atoms with Crippen LogP contribution in [-0.4, -0.2) is 16.6 Å². The molecule has 0 amide bonds. The average Bonchev–Trinajstić information content (AvgIpc) is 2.96. The summed E-state index contributed by atoms with van der Waals surface area (Å²) in [6, 6.07) is 17.1. The molecule has 0 radical (unpaired) electrons. The average molecular weight is 357 g/mol. The first kappa shape index (κ1) is 17.6. The molecule has 1 heterocycles. The smallest absolute Gasteiger partial charge is 0.180 e. The van der Waals surface area contributed by atoms with E-state index in [1.165, 1.54) is 24.8 Å². The highest BCUT2D eigenvalue weighted by Crippen LogP contribution is 2.34. The number of Topliss-reactive ketones (excluding diaryl/α,β-unsaturated/α-hetero) is 2. The molecule has 0 spiro atoms. The Morgan fingerprint density at radius 3 is 2.33 bits per heavy atom. The first-order valence-corrected chi connectivity index (χ1v) is 9.68. The first-order chi connectivity index (χ1) is 13.1. The largest absolute Gasteiger partial charge is 0.293 e. The Morgan fingerprint density at radius 1 is 0.963 bits per heavy atom. The number of hydrogen-bond acceptors (Lipinski definition) is 3. The monoisotopic (exact) mass is 357 g/mol. The van der Waals surface area contributed by atoms with Gasteiger partial charge in [0, 0.05) is 16.5 Å². The van der Waals surface area contributed by atoms with Crippen molar-refractivity contribution < 1.29 is 9.59 Å². The second-order valence-electron chi connectivity index (χ2n) is 7.44. The van der Waals surface area contributed by atoms with E-state index in [0.29, 0.717) is 22.7 Å². The van der Waals surface area contributed by atoms with Gasteiger partial charge < -0.3 is 0 Å². The van der Waals surface area contributed by atoms with Crippen LogP contribution in [0.3, 0.4) is 0 Å². The molecule has 1 unspecified atom stereocenters. The third kappa shape index (κ3) is 3.08. The number of pyridine rings is 1. The van der Waals surface area contributed by atoms with Gasteiger partial charge in [0.25, 0.3) is 0 Å². The molecule has 1 aromatic heterocycles. The van der Waals surface area contributed by atoms with Crippen molar-refractivity contribution in [1.29, 1.82) is 0 Å². The Morgan fingerprint density at radius 2 is 1.67 bits per heavy atom. The van der Waals surface area contributed by atoms with E-state index in [4.69, 9.17) is 0 Å². The Bertz CT molecular complexity index is 1000. The van der Waals surface area contributed by atoms with Crippen LogP contribution in [0.5, 0.6) is 0 Å². The van der Waals surface area contributed by atoms with Gasteiger partial charge in [0.2, 0.25) is 0 Å². The number of carbonyl (C=O) groups is 2. The van der Waals surface area contributed by atoms with Crippen molar-refractivity contribution in [3.63, 3.8) is 0 Å². The van der Waals surface area contributed by atoms with Gasteiger partial charge in [-0.2, -0.15) is 0 Å². The van der Waals surface area contributed by atoms with Crippen LogP contribution < -0.4 is 0 Å². The summed E-state index contributed by atoms with van der Waals surface area (Å²) < 4.78 is 0. The van der Waals surface area contributed by atoms with Crippen molar-refractivity contribution in [3.05, 3.63) is 77.0 Å². The van der Waals surface area contributed by atoms with Gasteiger partial charge in [-0.25, -0.2) is 0 Å². The minimum atomic E-state index is -0.810. The molecule has 0 N–H and O–H groups in total. The maximum absolute atomic E-state index is 12.7. The van der Waals surface area contributed by atoms with Crippen molar-refractivity contribution in [1.82, 2.24) is 4.98 Å². The lowest BCUT2D eigenvalue weighted by atomic mass is 9.93. The van der Waals surface area contributed by atoms with Gasteiger partial charge >= 0.3 is 0 Å². The molecule has 4 rings (SSSR count). The van der Waals surface area contributed by atoms with E-state index in [-0.39, 0.29) is 11.6 Å². The molecular weight excluding hydrogens is 334 g/mol. The van der Waals surface area contributed by atoms with Crippen molar-refractivity contribution in [2.45, 2.75) is 44.9 Å². The van der Waals surface area contributed by atoms with Gasteiger partial charge in [0.1, 0.15) is 5.92 Å². The van der Waals surface area contributed by atoms with E-state index in [2.05, 4.69) is 31.0 Å². The fourth-order valence-electron chi connectivity index (χ4n) is 3.92. The van der Waals surface area contributed by atoms with Crippen LogP contribution in [0.2, 0.25) is 0 Å². The summed E-state index contributed by atoms with van der Waals surface area (Å²) in [6.45, 7) is 4.47. The molecular formula is C24H23NO2. The fourth-order valence-corrected chi connectivity index (χ4v) is 3.92. The molecule has 136 valence electrons. The number of hydrogen-bond donors (Lipinski definition) is 0. The van der Waals surface area contributed by atoms with Crippen LogP contribution >= 0.6 is 0 Å². The van der Waals surface area contributed by atoms with E-state index in [9.17, 15) is 9.59 Å². The molecule has 0 aliphatic heterocycles. The Kier molecular flexibility index (Phi) is 4.61. The lowest BCUT2D eigenvalue weighted by Crippen LogP contribution is -2.14. The van der Waals surface area contributed by atoms with Crippen LogP contribution in [0.15, 0.2) is 54.6 Å². The molecule has 3 heteroatoms. The van der Waals surface area contributed by atoms with Gasteiger partial charge in [0.15, 0.2) is 11.6 Å². The Balaban J connectivity index is 1.67. The summed E-state index contributed by atoms with van der Waals surface area (Å²) in [5, 5.41) is 1.05. The predicted molar refractivity (Wildman–Crippen MR) is 108 cm³/mol. The highest BCUT2D eigenvalue weighted by Gasteiger charge is 2.40. The third-order valence-electron chi connectivity index (χ3n) is 5.57. The summed E-state index contributed by atoms with van der Waals surface area (Å²) in [6.07, 6.45) is 3.61. The number of aromatic nitrogens is 1. The lowest BCUT2D eigenvalue weighted by Gasteiger charge is -2.13. The number of ketones is 2. The van der Waals surface area contributed by atoms with Gasteiger partial charge in [0.05, 0.1) is 11.2 Å². The minimum Gasteiger partial charge on any atom is -0.293 e. The molecule has 1 aliphatic carbocycles. The topological polar surface area (TPSA) is 47.0 Å². The number of nitrogens with zero attached hydrogens (tertiary/aromatic N) is 1. The Labute approximate surface area is 159 Å². The van der Waals surface area contributed by atoms with Crippen LogP contribution in [0.1, 0.15) is 76.9 Å². The molecule has 0 fully saturated rings. The van der Waals surface area contributed by atoms with Crippen LogP contribution in [0.25, 0.3) is 10.9 Å². The quantitative estimate of drug-likeness (QED) is 0.551. The number of rotatable bonds is 5. The van der Waals surface area contributed by atoms with E-state index in [0.717, 1.165) is 10.9 Å². The van der Waals surface area contributed by atoms with Crippen molar-refractivity contribution in [2.24, 2.45) is 0 Å². The molecule has 2 aromatic carbocycles. The summed E-state index contributed by atoms with van der Waals surface area (Å²) in [5.41, 5.74) is 3.70. The number of unbranched alkanes of at least 4 members (excludes halogenated alkanes) is 1. The normalized spacial score (nSPS) is 15.3. The Hall–Kier alpha value is -2.81. The number of fused-ring (bicyclic) bond motifs is 2. The summed E-state index contributed by atoms with van der Waals surface area (Å²) >= 11 is 0. The van der Waals surface area contributed by atoms with Crippen molar-refractivity contribution >= 4 is 22.5 Å². The van der Waals surface area contributed by atoms with Crippen LogP contribution in [0.4, 0.5) is 0 Å². The van der Waals surface area contributed by atoms with Crippen LogP contribution in [0, 0.1) is 0 Å². The zero-order chi connectivity index (χ0) is 19.0. The molecule has 27 heavy (non-hydrogen) atoms. The zero-order valence-electron chi connectivity index (χ0n) is 15.7. The van der Waals surface area contributed by atoms with Gasteiger partial charge in [-0.05, 0) is 36.1 Å². The fraction of sp³-hybridized carbons (Fsp3) is 0.292. The van der Waals surface area contributed by atoms with E-state index in [1.807, 2.05) is 18.2 Å². The predicted octanol–water partition coefficient (Wildman–Crippen LogP) is 5.69. The van der Waals surface area contributed by atoms with Crippen molar-refractivity contribution in [2.75, 3.05) is 0 Å². The number of carbonyl (C=O) groups excluding carboxylic acids is 2. The summed E-state index contributed by atoms with van der Waals surface area (Å²) in [5.74, 6) is -0.587. The molecule has 0 saturated carbocycles. The summed E-state index contributed by atoms with van der Waals surface area (Å²) in [4.78, 5) is 30.1. The first-order valence-electron chi connectivity index (χ1n) is 9.68. The van der Waals surface area contributed by atoms with E-state index in [1.54, 1.807) is 24.3 Å². The molecule has 0 saturated heterocycles. The molecule has 3 nitrogen and oxygen atoms in total. The maximum Gasteiger partial charge on any atom is 0.180 e. The highest BCUT2D eigenvalue weighted by molar-refractivity contribution is 6.29. The van der Waals surface area contributed by atoms with E-state index < -0.39 is 5.92 Å². The lowest BCUT2D eigenvalue weighted by molar-refractivity contribution is 0.0888. The zero-order valence-corrected chi connectivity index (χ0v) is 15.7. The SMILES string of the molecule is CCCCC(C)c1ccc2nc(C3C(=O)c4ccccc4C3=O)ccc2c1. The maximum atomic E-state index is 12.7. The highest BCUT2D eigenvalue weighted by atomic mass is 16.2. The standard InChI is InChI=1S/C24H23NO2/c1-3-4-7-15(2)16-10-12-20-17(14-16)11-13-21(25-20)22-23(26)18-8-5-6-9-19(18)24(22)27/h5-6,8-15,22H,3-4,7H2,1-2H3. The van der Waals surface area contributed by atoms with Gasteiger partial charge in [-0.1, -0.05) is 63.1 Å². The van der Waals surface area contributed by atoms with E-state index >= 15 is 0 Å². The molecule has 1 aliphatic rings. The van der Waals surface area contributed by atoms with Crippen molar-refractivity contribution in [3.8, 4) is 0 Å².